The predicted octanol–water partition coefficient (Wildman–Crippen LogP) is 2.69. The molecule has 0 spiro atoms. The summed E-state index contributed by atoms with van der Waals surface area (Å²) in [6.07, 6.45) is -0.119. The van der Waals surface area contributed by atoms with E-state index in [1.165, 1.54) is 16.8 Å². The highest BCUT2D eigenvalue weighted by atomic mass is 19.4. The van der Waals surface area contributed by atoms with Gasteiger partial charge in [0.2, 0.25) is 0 Å². The van der Waals surface area contributed by atoms with Crippen LogP contribution in [0.15, 0.2) is 36.5 Å². The highest BCUT2D eigenvalue weighted by Crippen LogP contribution is 2.29. The molecule has 0 bridgehead atoms. The monoisotopic (exact) mass is 211 g/mol. The smallest absolute Gasteiger partial charge is 0.240 e. The fourth-order valence-electron chi connectivity index (χ4n) is 1.18. The molecule has 1 aromatic carbocycles. The normalized spacial score (nSPS) is 11.7. The van der Waals surface area contributed by atoms with E-state index in [0.717, 1.165) is 12.1 Å². The van der Waals surface area contributed by atoms with E-state index in [9.17, 15) is 13.2 Å². The Morgan fingerprint density at radius 1 is 1.13 bits per heavy atom. The topological polar surface area (TPSA) is 17.8 Å². The van der Waals surface area contributed by atoms with Gasteiger partial charge < -0.3 is 0 Å². The molecule has 0 atom stereocenters. The summed E-state index contributed by atoms with van der Waals surface area (Å²) in [6.45, 7) is 0. The van der Waals surface area contributed by atoms with Gasteiger partial charge in [0.25, 0.3) is 0 Å². The third-order valence-corrected chi connectivity index (χ3v) is 1.91. The Morgan fingerprint density at radius 2 is 1.80 bits per heavy atom. The Kier molecular flexibility index (Phi) is 2.22. The molecule has 0 saturated heterocycles. The molecule has 77 valence electrons. The first-order chi connectivity index (χ1) is 7.07. The summed E-state index contributed by atoms with van der Waals surface area (Å²) in [5.41, 5.74) is -0.0911. The number of hydrogen-bond acceptors (Lipinski definition) is 1. The van der Waals surface area contributed by atoms with Gasteiger partial charge in [-0.05, 0) is 30.3 Å². The lowest BCUT2D eigenvalue weighted by Crippen LogP contribution is -2.05. The van der Waals surface area contributed by atoms with Crippen LogP contribution in [0.25, 0.3) is 5.69 Å². The van der Waals surface area contributed by atoms with Crippen LogP contribution in [0.3, 0.4) is 0 Å². The maximum atomic E-state index is 12.2. The van der Waals surface area contributed by atoms with Crippen LogP contribution < -0.4 is 0 Å². The van der Waals surface area contributed by atoms with Gasteiger partial charge in [0.15, 0.2) is 0 Å². The molecule has 0 aliphatic carbocycles. The van der Waals surface area contributed by atoms with Crippen molar-refractivity contribution in [3.05, 3.63) is 48.3 Å². The molecule has 0 N–H and O–H groups in total. The second-order valence-electron chi connectivity index (χ2n) is 2.93. The second kappa shape index (κ2) is 3.42. The molecule has 5 heteroatoms. The Hall–Kier alpha value is -1.78. The van der Waals surface area contributed by atoms with Gasteiger partial charge in [-0.25, -0.2) is 4.68 Å². The lowest BCUT2D eigenvalue weighted by atomic mass is 10.2. The van der Waals surface area contributed by atoms with E-state index < -0.39 is 11.7 Å². The molecule has 0 saturated carbocycles. The zero-order valence-electron chi connectivity index (χ0n) is 7.49. The lowest BCUT2D eigenvalue weighted by Gasteiger charge is -2.07. The average molecular weight is 211 g/mol. The molecule has 0 amide bonds. The SMILES string of the molecule is FC(F)(F)c1ccc(-n2cc[c]n2)cc1. The molecule has 0 aliphatic rings. The highest BCUT2D eigenvalue weighted by molar-refractivity contribution is 5.34. The van der Waals surface area contributed by atoms with Crippen LogP contribution in [0.1, 0.15) is 5.56 Å². The first-order valence-corrected chi connectivity index (χ1v) is 4.17. The van der Waals surface area contributed by atoms with Crippen LogP contribution in [-0.4, -0.2) is 9.78 Å². The number of halogens is 3. The number of benzene rings is 1. The molecule has 15 heavy (non-hydrogen) atoms. The Labute approximate surface area is 84.0 Å². The maximum absolute atomic E-state index is 12.2. The van der Waals surface area contributed by atoms with Crippen LogP contribution in [0, 0.1) is 6.20 Å². The third-order valence-electron chi connectivity index (χ3n) is 1.91. The minimum atomic E-state index is -4.30. The van der Waals surface area contributed by atoms with Gasteiger partial charge in [-0.3, -0.25) is 0 Å². The van der Waals surface area contributed by atoms with Crippen molar-refractivity contribution in [3.8, 4) is 5.69 Å². The molecule has 0 fully saturated rings. The van der Waals surface area contributed by atoms with Crippen molar-refractivity contribution in [2.75, 3.05) is 0 Å². The van der Waals surface area contributed by atoms with Gasteiger partial charge in [-0.15, -0.1) is 0 Å². The summed E-state index contributed by atoms with van der Waals surface area (Å²) < 4.78 is 38.1. The van der Waals surface area contributed by atoms with E-state index in [1.807, 2.05) is 0 Å². The number of hydrogen-bond donors (Lipinski definition) is 0. The number of rotatable bonds is 1. The Morgan fingerprint density at radius 3 is 2.27 bits per heavy atom. The predicted molar refractivity (Wildman–Crippen MR) is 47.4 cm³/mol. The maximum Gasteiger partial charge on any atom is 0.416 e. The summed E-state index contributed by atoms with van der Waals surface area (Å²) in [7, 11) is 0. The summed E-state index contributed by atoms with van der Waals surface area (Å²) in [6, 6.07) is 6.36. The molecule has 0 unspecified atom stereocenters. The largest absolute Gasteiger partial charge is 0.416 e. The van der Waals surface area contributed by atoms with Crippen molar-refractivity contribution in [1.82, 2.24) is 9.78 Å². The molecule has 2 aromatic rings. The van der Waals surface area contributed by atoms with Crippen LogP contribution in [0.4, 0.5) is 13.2 Å². The molecule has 1 aromatic heterocycles. The van der Waals surface area contributed by atoms with Gasteiger partial charge in [-0.2, -0.15) is 18.3 Å². The van der Waals surface area contributed by atoms with Crippen LogP contribution in [0.2, 0.25) is 0 Å². The zero-order valence-corrected chi connectivity index (χ0v) is 7.49. The van der Waals surface area contributed by atoms with E-state index in [1.54, 1.807) is 12.3 Å². The summed E-state index contributed by atoms with van der Waals surface area (Å²) in [4.78, 5) is 0. The Bertz CT molecular complexity index is 429. The van der Waals surface area contributed by atoms with Crippen molar-refractivity contribution in [3.63, 3.8) is 0 Å². The van der Waals surface area contributed by atoms with E-state index in [4.69, 9.17) is 0 Å². The minimum Gasteiger partial charge on any atom is -0.240 e. The van der Waals surface area contributed by atoms with E-state index >= 15 is 0 Å². The van der Waals surface area contributed by atoms with Gasteiger partial charge in [-0.1, -0.05) is 0 Å². The number of nitrogens with zero attached hydrogens (tertiary/aromatic N) is 2. The van der Waals surface area contributed by atoms with Crippen molar-refractivity contribution < 1.29 is 13.2 Å². The molecular weight excluding hydrogens is 205 g/mol. The first-order valence-electron chi connectivity index (χ1n) is 4.17. The molecular formula is C10H6F3N2. The van der Waals surface area contributed by atoms with E-state index in [-0.39, 0.29) is 0 Å². The molecule has 2 nitrogen and oxygen atoms in total. The van der Waals surface area contributed by atoms with Gasteiger partial charge in [0.1, 0.15) is 6.20 Å². The number of alkyl halides is 3. The molecule has 0 aliphatic heterocycles. The second-order valence-corrected chi connectivity index (χ2v) is 2.93. The summed E-state index contributed by atoms with van der Waals surface area (Å²) in [5, 5.41) is 3.79. The zero-order chi connectivity index (χ0) is 10.9. The van der Waals surface area contributed by atoms with Gasteiger partial charge in [0, 0.05) is 6.20 Å². The van der Waals surface area contributed by atoms with Gasteiger partial charge in [0.05, 0.1) is 11.3 Å². The van der Waals surface area contributed by atoms with E-state index in [0.29, 0.717) is 5.69 Å². The lowest BCUT2D eigenvalue weighted by molar-refractivity contribution is -0.137. The molecule has 1 radical (unpaired) electrons. The van der Waals surface area contributed by atoms with Crippen molar-refractivity contribution in [2.45, 2.75) is 6.18 Å². The fourth-order valence-corrected chi connectivity index (χ4v) is 1.18. The van der Waals surface area contributed by atoms with Crippen LogP contribution in [0.5, 0.6) is 0 Å². The van der Waals surface area contributed by atoms with Crippen LogP contribution >= 0.6 is 0 Å². The van der Waals surface area contributed by atoms with Crippen LogP contribution in [-0.2, 0) is 6.18 Å². The Balaban J connectivity index is 2.33. The standard InChI is InChI=1S/C10H6F3N2/c11-10(12,13)8-2-4-9(5-3-8)15-7-1-6-14-15/h1-5,7H. The number of aromatic nitrogens is 2. The van der Waals surface area contributed by atoms with E-state index in [2.05, 4.69) is 11.3 Å². The van der Waals surface area contributed by atoms with Crippen molar-refractivity contribution in [2.24, 2.45) is 0 Å². The average Bonchev–Trinajstić information content (AvgIpc) is 2.69. The quantitative estimate of drug-likeness (QED) is 0.709. The van der Waals surface area contributed by atoms with Crippen molar-refractivity contribution >= 4 is 0 Å². The molecule has 1 heterocycles. The third kappa shape index (κ3) is 2.01. The fraction of sp³-hybridized carbons (Fsp3) is 0.100. The molecule has 2 rings (SSSR count). The highest BCUT2D eigenvalue weighted by Gasteiger charge is 2.29. The first kappa shape index (κ1) is 9.76. The summed E-state index contributed by atoms with van der Waals surface area (Å²) >= 11 is 0. The van der Waals surface area contributed by atoms with Crippen molar-refractivity contribution in [1.29, 1.82) is 0 Å². The van der Waals surface area contributed by atoms with Gasteiger partial charge >= 0.3 is 6.18 Å². The minimum absolute atomic E-state index is 0.573. The summed E-state index contributed by atoms with van der Waals surface area (Å²) in [5.74, 6) is 0.